The second kappa shape index (κ2) is 9.37. The predicted octanol–water partition coefficient (Wildman–Crippen LogP) is 5.70. The number of morpholine rings is 1. The number of nitrogens with zero attached hydrogens (tertiary/aromatic N) is 4. The number of nitrogens with one attached hydrogen (secondary N) is 2. The van der Waals surface area contributed by atoms with Gasteiger partial charge in [-0.2, -0.15) is 5.10 Å². The molecule has 0 radical (unpaired) electrons. The van der Waals surface area contributed by atoms with Crippen LogP contribution in [-0.2, 0) is 11.3 Å². The number of ether oxygens (including phenoxy) is 1. The van der Waals surface area contributed by atoms with Crippen LogP contribution in [0.15, 0.2) is 70.4 Å². The summed E-state index contributed by atoms with van der Waals surface area (Å²) in [6.07, 6.45) is 1.94. The van der Waals surface area contributed by atoms with Crippen LogP contribution in [0.1, 0.15) is 18.2 Å². The number of aromatic nitrogens is 3. The number of pyridine rings is 2. The molecule has 0 atom stereocenters. The van der Waals surface area contributed by atoms with Crippen molar-refractivity contribution in [3.05, 3.63) is 76.5 Å². The molecule has 7 nitrogen and oxygen atoms in total. The van der Waals surface area contributed by atoms with E-state index in [-0.39, 0.29) is 0 Å². The molecular weight excluding hydrogens is 504 g/mol. The van der Waals surface area contributed by atoms with E-state index < -0.39 is 0 Å². The van der Waals surface area contributed by atoms with E-state index in [0.717, 1.165) is 81.4 Å². The molecule has 5 aromatic rings. The number of rotatable bonds is 5. The average Bonchev–Trinajstić information content (AvgIpc) is 3.27. The van der Waals surface area contributed by atoms with E-state index in [0.29, 0.717) is 5.82 Å². The average molecular weight is 529 g/mol. The first-order valence-electron chi connectivity index (χ1n) is 11.7. The molecule has 8 heteroatoms. The van der Waals surface area contributed by atoms with Gasteiger partial charge in [0.1, 0.15) is 0 Å². The van der Waals surface area contributed by atoms with Gasteiger partial charge in [-0.05, 0) is 42.8 Å². The van der Waals surface area contributed by atoms with Gasteiger partial charge in [0.15, 0.2) is 5.82 Å². The van der Waals surface area contributed by atoms with Gasteiger partial charge in [0.2, 0.25) is 0 Å². The van der Waals surface area contributed by atoms with Crippen LogP contribution in [0.2, 0.25) is 0 Å². The first-order chi connectivity index (χ1) is 17.2. The SMILES string of the molecule is C/C(=N\Nc1nc2ccccc2c2c1[nH]c1ccc(Br)cc12)c1ccc(CN2CCOCC2)cn1. The van der Waals surface area contributed by atoms with Gasteiger partial charge in [-0.3, -0.25) is 15.3 Å². The Labute approximate surface area is 211 Å². The zero-order valence-corrected chi connectivity index (χ0v) is 21.0. The molecule has 2 aromatic carbocycles. The summed E-state index contributed by atoms with van der Waals surface area (Å²) in [6, 6.07) is 18.6. The lowest BCUT2D eigenvalue weighted by Crippen LogP contribution is -2.35. The maximum absolute atomic E-state index is 5.43. The maximum atomic E-state index is 5.43. The van der Waals surface area contributed by atoms with Crippen LogP contribution >= 0.6 is 15.9 Å². The van der Waals surface area contributed by atoms with Crippen LogP contribution in [0.25, 0.3) is 32.7 Å². The van der Waals surface area contributed by atoms with Crippen molar-refractivity contribution in [1.82, 2.24) is 19.9 Å². The zero-order chi connectivity index (χ0) is 23.8. The Morgan fingerprint density at radius 1 is 1.11 bits per heavy atom. The predicted molar refractivity (Wildman–Crippen MR) is 145 cm³/mol. The van der Waals surface area contributed by atoms with E-state index in [1.165, 1.54) is 5.56 Å². The van der Waals surface area contributed by atoms with Crippen LogP contribution in [-0.4, -0.2) is 51.9 Å². The Bertz CT molecular complexity index is 1550. The van der Waals surface area contributed by atoms with E-state index in [1.54, 1.807) is 0 Å². The molecule has 3 aromatic heterocycles. The summed E-state index contributed by atoms with van der Waals surface area (Å²) in [6.45, 7) is 6.37. The first-order valence-corrected chi connectivity index (χ1v) is 12.5. The minimum atomic E-state index is 0.689. The molecule has 35 heavy (non-hydrogen) atoms. The molecule has 0 amide bonds. The number of hydrazone groups is 1. The first kappa shape index (κ1) is 22.2. The molecular formula is C27H25BrN6O. The fourth-order valence-corrected chi connectivity index (χ4v) is 4.97. The number of hydrogen-bond acceptors (Lipinski definition) is 6. The number of fused-ring (bicyclic) bond motifs is 5. The molecule has 0 saturated carbocycles. The quantitative estimate of drug-likeness (QED) is 0.226. The number of H-pyrrole nitrogens is 1. The van der Waals surface area contributed by atoms with Crippen molar-refractivity contribution < 1.29 is 4.74 Å². The van der Waals surface area contributed by atoms with Gasteiger partial charge in [-0.15, -0.1) is 0 Å². The number of aromatic amines is 1. The highest BCUT2D eigenvalue weighted by molar-refractivity contribution is 9.10. The van der Waals surface area contributed by atoms with Gasteiger partial charge in [0.05, 0.1) is 35.7 Å². The summed E-state index contributed by atoms with van der Waals surface area (Å²) in [5.74, 6) is 0.689. The Balaban J connectivity index is 1.31. The van der Waals surface area contributed by atoms with Crippen molar-refractivity contribution in [3.63, 3.8) is 0 Å². The number of hydrogen-bond donors (Lipinski definition) is 2. The minimum Gasteiger partial charge on any atom is -0.379 e. The third-order valence-electron chi connectivity index (χ3n) is 6.44. The summed E-state index contributed by atoms with van der Waals surface area (Å²) in [7, 11) is 0. The lowest BCUT2D eigenvalue weighted by molar-refractivity contribution is 0.0341. The van der Waals surface area contributed by atoms with E-state index in [4.69, 9.17) is 9.72 Å². The smallest absolute Gasteiger partial charge is 0.171 e. The van der Waals surface area contributed by atoms with Crippen molar-refractivity contribution in [2.24, 2.45) is 5.10 Å². The Hall–Kier alpha value is -3.33. The van der Waals surface area contributed by atoms with E-state index in [9.17, 15) is 0 Å². The van der Waals surface area contributed by atoms with Crippen molar-refractivity contribution in [1.29, 1.82) is 0 Å². The molecule has 0 bridgehead atoms. The molecule has 0 spiro atoms. The maximum Gasteiger partial charge on any atom is 0.171 e. The monoisotopic (exact) mass is 528 g/mol. The molecule has 2 N–H and O–H groups in total. The van der Waals surface area contributed by atoms with E-state index in [2.05, 4.69) is 65.6 Å². The van der Waals surface area contributed by atoms with Crippen molar-refractivity contribution in [3.8, 4) is 0 Å². The Kier molecular flexibility index (Phi) is 5.93. The summed E-state index contributed by atoms with van der Waals surface area (Å²) in [5.41, 5.74) is 8.94. The highest BCUT2D eigenvalue weighted by atomic mass is 79.9. The van der Waals surface area contributed by atoms with Crippen molar-refractivity contribution in [2.45, 2.75) is 13.5 Å². The Morgan fingerprint density at radius 2 is 1.97 bits per heavy atom. The second-order valence-electron chi connectivity index (χ2n) is 8.79. The van der Waals surface area contributed by atoms with Crippen molar-refractivity contribution >= 4 is 60.2 Å². The van der Waals surface area contributed by atoms with Gasteiger partial charge in [-0.1, -0.05) is 40.2 Å². The second-order valence-corrected chi connectivity index (χ2v) is 9.71. The van der Waals surface area contributed by atoms with Crippen molar-refractivity contribution in [2.75, 3.05) is 31.7 Å². The largest absolute Gasteiger partial charge is 0.379 e. The fraction of sp³-hybridized carbons (Fsp3) is 0.222. The molecule has 1 aliphatic rings. The minimum absolute atomic E-state index is 0.689. The lowest BCUT2D eigenvalue weighted by atomic mass is 10.1. The molecule has 0 unspecified atom stereocenters. The van der Waals surface area contributed by atoms with Crippen LogP contribution in [0.4, 0.5) is 5.82 Å². The number of para-hydroxylation sites is 1. The fourth-order valence-electron chi connectivity index (χ4n) is 4.60. The molecule has 0 aliphatic carbocycles. The molecule has 1 fully saturated rings. The molecule has 1 saturated heterocycles. The normalized spacial score (nSPS) is 15.3. The summed E-state index contributed by atoms with van der Waals surface area (Å²) < 4.78 is 6.47. The summed E-state index contributed by atoms with van der Waals surface area (Å²) in [5, 5.41) is 8.03. The zero-order valence-electron chi connectivity index (χ0n) is 19.4. The highest BCUT2D eigenvalue weighted by Gasteiger charge is 2.15. The highest BCUT2D eigenvalue weighted by Crippen LogP contribution is 2.36. The lowest BCUT2D eigenvalue weighted by Gasteiger charge is -2.26. The third kappa shape index (κ3) is 4.40. The molecule has 1 aliphatic heterocycles. The summed E-state index contributed by atoms with van der Waals surface area (Å²) in [4.78, 5) is 15.4. The number of anilines is 1. The third-order valence-corrected chi connectivity index (χ3v) is 6.93. The summed E-state index contributed by atoms with van der Waals surface area (Å²) >= 11 is 3.61. The molecule has 6 rings (SSSR count). The molecule has 4 heterocycles. The van der Waals surface area contributed by atoms with Crippen LogP contribution in [0.5, 0.6) is 0 Å². The van der Waals surface area contributed by atoms with Crippen LogP contribution in [0.3, 0.4) is 0 Å². The van der Waals surface area contributed by atoms with Crippen LogP contribution < -0.4 is 5.43 Å². The molecule has 176 valence electrons. The van der Waals surface area contributed by atoms with E-state index in [1.807, 2.05) is 43.5 Å². The Morgan fingerprint density at radius 3 is 2.80 bits per heavy atom. The van der Waals surface area contributed by atoms with Gasteiger partial charge >= 0.3 is 0 Å². The van der Waals surface area contributed by atoms with Gasteiger partial charge in [0.25, 0.3) is 0 Å². The van der Waals surface area contributed by atoms with Gasteiger partial charge < -0.3 is 9.72 Å². The topological polar surface area (TPSA) is 78.4 Å². The van der Waals surface area contributed by atoms with Gasteiger partial charge in [-0.25, -0.2) is 4.98 Å². The number of benzene rings is 2. The number of halogens is 1. The van der Waals surface area contributed by atoms with E-state index >= 15 is 0 Å². The van der Waals surface area contributed by atoms with Crippen LogP contribution in [0, 0.1) is 0 Å². The standard InChI is InChI=1S/C27H25BrN6O/c1-17(22-8-6-18(15-29-22)16-34-10-12-35-13-11-34)32-33-27-26-25(20-4-2-3-5-23(20)31-27)21-14-19(28)7-9-24(21)30-26/h2-9,14-15,30H,10-13,16H2,1H3,(H,31,33)/b32-17+. The van der Waals surface area contributed by atoms with Gasteiger partial charge in [0, 0.05) is 52.0 Å².